The molecule has 7 nitrogen and oxygen atoms in total. The molecule has 0 bridgehead atoms. The summed E-state index contributed by atoms with van der Waals surface area (Å²) in [7, 11) is 1.63. The van der Waals surface area contributed by atoms with Crippen LogP contribution in [0.25, 0.3) is 11.3 Å². The minimum atomic E-state index is -0.162. The molecule has 3 aromatic rings. The Morgan fingerprint density at radius 3 is 2.26 bits per heavy atom. The number of hydrogen-bond donors (Lipinski definition) is 1. The van der Waals surface area contributed by atoms with E-state index in [0.29, 0.717) is 31.2 Å². The highest BCUT2D eigenvalue weighted by Gasteiger charge is 2.06. The van der Waals surface area contributed by atoms with E-state index in [9.17, 15) is 4.79 Å². The quantitative estimate of drug-likeness (QED) is 0.469. The predicted octanol–water partition coefficient (Wildman–Crippen LogP) is 4.14. The van der Waals surface area contributed by atoms with E-state index in [2.05, 4.69) is 22.4 Å². The maximum atomic E-state index is 12.2. The van der Waals surface area contributed by atoms with E-state index in [-0.39, 0.29) is 5.91 Å². The van der Waals surface area contributed by atoms with Crippen LogP contribution in [0.15, 0.2) is 60.7 Å². The van der Waals surface area contributed by atoms with Gasteiger partial charge in [0.15, 0.2) is 0 Å². The van der Waals surface area contributed by atoms with Crippen LogP contribution < -0.4 is 19.5 Å². The predicted molar refractivity (Wildman–Crippen MR) is 119 cm³/mol. The van der Waals surface area contributed by atoms with Gasteiger partial charge in [0, 0.05) is 17.2 Å². The number of aromatic nitrogens is 2. The monoisotopic (exact) mass is 421 g/mol. The van der Waals surface area contributed by atoms with Gasteiger partial charge >= 0.3 is 0 Å². The average molecular weight is 421 g/mol. The lowest BCUT2D eigenvalue weighted by molar-refractivity contribution is 0.0946. The molecular formula is C24H27N3O4. The maximum Gasteiger partial charge on any atom is 0.251 e. The first kappa shape index (κ1) is 22.1. The van der Waals surface area contributed by atoms with Crippen LogP contribution in [-0.2, 0) is 0 Å². The van der Waals surface area contributed by atoms with E-state index in [1.807, 2.05) is 30.3 Å². The van der Waals surface area contributed by atoms with Gasteiger partial charge in [0.2, 0.25) is 5.88 Å². The molecule has 0 aliphatic heterocycles. The molecule has 0 aliphatic rings. The van der Waals surface area contributed by atoms with Crippen LogP contribution in [0.1, 0.15) is 30.1 Å². The van der Waals surface area contributed by atoms with Crippen molar-refractivity contribution in [2.24, 2.45) is 0 Å². The third-order valence-electron chi connectivity index (χ3n) is 4.55. The summed E-state index contributed by atoms with van der Waals surface area (Å²) in [5.74, 6) is 1.80. The van der Waals surface area contributed by atoms with Gasteiger partial charge in [-0.15, -0.1) is 10.2 Å². The van der Waals surface area contributed by atoms with Gasteiger partial charge in [0.25, 0.3) is 5.91 Å². The van der Waals surface area contributed by atoms with Gasteiger partial charge in [-0.1, -0.05) is 13.3 Å². The van der Waals surface area contributed by atoms with Crippen molar-refractivity contribution in [3.63, 3.8) is 0 Å². The van der Waals surface area contributed by atoms with E-state index in [1.54, 1.807) is 37.4 Å². The number of hydrogen-bond acceptors (Lipinski definition) is 6. The Balaban J connectivity index is 1.41. The fraction of sp³-hybridized carbons (Fsp3) is 0.292. The maximum absolute atomic E-state index is 12.2. The van der Waals surface area contributed by atoms with Gasteiger partial charge in [-0.05, 0) is 61.0 Å². The Morgan fingerprint density at radius 1 is 0.871 bits per heavy atom. The second-order valence-corrected chi connectivity index (χ2v) is 6.82. The molecule has 1 N–H and O–H groups in total. The summed E-state index contributed by atoms with van der Waals surface area (Å²) in [6.07, 6.45) is 2.10. The second-order valence-electron chi connectivity index (χ2n) is 6.82. The van der Waals surface area contributed by atoms with Crippen LogP contribution in [0.5, 0.6) is 17.4 Å². The highest BCUT2D eigenvalue weighted by Crippen LogP contribution is 2.21. The molecule has 2 aromatic carbocycles. The molecule has 1 heterocycles. The van der Waals surface area contributed by atoms with Crippen molar-refractivity contribution >= 4 is 5.91 Å². The number of nitrogens with zero attached hydrogens (tertiary/aromatic N) is 2. The van der Waals surface area contributed by atoms with Crippen molar-refractivity contribution in [2.75, 3.05) is 26.9 Å². The van der Waals surface area contributed by atoms with Crippen molar-refractivity contribution in [2.45, 2.75) is 19.8 Å². The third-order valence-corrected chi connectivity index (χ3v) is 4.55. The number of carbonyl (C=O) groups excluding carboxylic acids is 1. The summed E-state index contributed by atoms with van der Waals surface area (Å²) in [6.45, 7) is 3.45. The Kier molecular flexibility index (Phi) is 8.22. The van der Waals surface area contributed by atoms with Crippen LogP contribution in [0, 0.1) is 0 Å². The Bertz CT molecular complexity index is 942. The SMILES string of the molecule is CCCCOc1ccc(C(=O)NCCOc2ccc(-c3ccc(OC)cc3)nn2)cc1. The van der Waals surface area contributed by atoms with E-state index < -0.39 is 0 Å². The molecular weight excluding hydrogens is 394 g/mol. The standard InChI is InChI=1S/C24H27N3O4/c1-3-4-16-30-21-11-7-19(8-12-21)24(28)25-15-17-31-23-14-13-22(26-27-23)18-5-9-20(29-2)10-6-18/h5-14H,3-4,15-17H2,1-2H3,(H,25,28). The van der Waals surface area contributed by atoms with Crippen molar-refractivity contribution in [3.05, 3.63) is 66.2 Å². The lowest BCUT2D eigenvalue weighted by Gasteiger charge is -2.09. The molecule has 7 heteroatoms. The minimum absolute atomic E-state index is 0.162. The molecule has 0 saturated carbocycles. The minimum Gasteiger partial charge on any atom is -0.497 e. The van der Waals surface area contributed by atoms with E-state index in [1.165, 1.54) is 0 Å². The summed E-state index contributed by atoms with van der Waals surface area (Å²) < 4.78 is 16.3. The van der Waals surface area contributed by atoms with Crippen LogP contribution in [0.4, 0.5) is 0 Å². The van der Waals surface area contributed by atoms with Gasteiger partial charge < -0.3 is 19.5 Å². The molecule has 0 unspecified atom stereocenters. The summed E-state index contributed by atoms with van der Waals surface area (Å²) in [5.41, 5.74) is 2.26. The molecule has 1 aromatic heterocycles. The zero-order valence-corrected chi connectivity index (χ0v) is 17.8. The molecule has 0 atom stereocenters. The van der Waals surface area contributed by atoms with Crippen LogP contribution in [-0.4, -0.2) is 43.0 Å². The average Bonchev–Trinajstić information content (AvgIpc) is 2.83. The molecule has 0 fully saturated rings. The first-order valence-electron chi connectivity index (χ1n) is 10.3. The highest BCUT2D eigenvalue weighted by molar-refractivity contribution is 5.94. The molecule has 31 heavy (non-hydrogen) atoms. The fourth-order valence-corrected chi connectivity index (χ4v) is 2.77. The number of nitrogens with one attached hydrogen (secondary N) is 1. The molecule has 0 aliphatic carbocycles. The van der Waals surface area contributed by atoms with E-state index >= 15 is 0 Å². The Labute approximate surface area is 182 Å². The van der Waals surface area contributed by atoms with Crippen LogP contribution >= 0.6 is 0 Å². The second kappa shape index (κ2) is 11.5. The van der Waals surface area contributed by atoms with Crippen molar-refractivity contribution in [1.29, 1.82) is 0 Å². The first-order chi connectivity index (χ1) is 15.2. The van der Waals surface area contributed by atoms with Gasteiger partial charge in [-0.25, -0.2) is 0 Å². The van der Waals surface area contributed by atoms with Crippen LogP contribution in [0.3, 0.4) is 0 Å². The first-order valence-corrected chi connectivity index (χ1v) is 10.3. The van der Waals surface area contributed by atoms with Gasteiger partial charge in [-0.2, -0.15) is 0 Å². The molecule has 1 amide bonds. The molecule has 0 radical (unpaired) electrons. The number of methoxy groups -OCH3 is 1. The van der Waals surface area contributed by atoms with Gasteiger partial charge in [0.05, 0.1) is 26.0 Å². The topological polar surface area (TPSA) is 82.6 Å². The number of carbonyl (C=O) groups is 1. The summed E-state index contributed by atoms with van der Waals surface area (Å²) >= 11 is 0. The summed E-state index contributed by atoms with van der Waals surface area (Å²) in [4.78, 5) is 12.2. The van der Waals surface area contributed by atoms with E-state index in [4.69, 9.17) is 14.2 Å². The van der Waals surface area contributed by atoms with Crippen molar-refractivity contribution < 1.29 is 19.0 Å². The lowest BCUT2D eigenvalue weighted by Crippen LogP contribution is -2.28. The molecule has 3 rings (SSSR count). The normalized spacial score (nSPS) is 10.4. The molecule has 0 spiro atoms. The number of unbranched alkanes of at least 4 members (excludes halogenated alkanes) is 1. The number of benzene rings is 2. The van der Waals surface area contributed by atoms with Gasteiger partial charge in [0.1, 0.15) is 18.1 Å². The van der Waals surface area contributed by atoms with Gasteiger partial charge in [-0.3, -0.25) is 4.79 Å². The zero-order chi connectivity index (χ0) is 21.9. The highest BCUT2D eigenvalue weighted by atomic mass is 16.5. The van der Waals surface area contributed by atoms with Crippen molar-refractivity contribution in [3.8, 4) is 28.6 Å². The molecule has 162 valence electrons. The number of rotatable bonds is 11. The lowest BCUT2D eigenvalue weighted by atomic mass is 10.1. The van der Waals surface area contributed by atoms with E-state index in [0.717, 1.165) is 35.6 Å². The molecule has 0 saturated heterocycles. The summed E-state index contributed by atoms with van der Waals surface area (Å²) in [5, 5.41) is 11.1. The third kappa shape index (κ3) is 6.70. The smallest absolute Gasteiger partial charge is 0.251 e. The Morgan fingerprint density at radius 2 is 1.61 bits per heavy atom. The zero-order valence-electron chi connectivity index (χ0n) is 17.8. The summed E-state index contributed by atoms with van der Waals surface area (Å²) in [6, 6.07) is 18.3. The fourth-order valence-electron chi connectivity index (χ4n) is 2.77. The number of amides is 1. The van der Waals surface area contributed by atoms with Crippen molar-refractivity contribution in [1.82, 2.24) is 15.5 Å². The largest absolute Gasteiger partial charge is 0.497 e. The Hall–Kier alpha value is -3.61. The number of ether oxygens (including phenoxy) is 3. The van der Waals surface area contributed by atoms with Crippen LogP contribution in [0.2, 0.25) is 0 Å².